The highest BCUT2D eigenvalue weighted by molar-refractivity contribution is 5.93. The number of H-pyrrole nitrogens is 1. The number of amides is 1. The summed E-state index contributed by atoms with van der Waals surface area (Å²) in [6.07, 6.45) is 1.08. The van der Waals surface area contributed by atoms with E-state index in [1.54, 1.807) is 0 Å². The SMILES string of the molecule is CNCC1CCN(C(=O)c2ccc(-c3ccccc3)[nH]2)C1.Cl. The van der Waals surface area contributed by atoms with E-state index in [-0.39, 0.29) is 18.3 Å². The molecule has 1 aromatic carbocycles. The maximum absolute atomic E-state index is 12.5. The van der Waals surface area contributed by atoms with Crippen LogP contribution in [0, 0.1) is 5.92 Å². The zero-order valence-corrected chi connectivity index (χ0v) is 13.5. The molecule has 0 radical (unpaired) electrons. The van der Waals surface area contributed by atoms with Crippen molar-refractivity contribution in [2.24, 2.45) is 5.92 Å². The van der Waals surface area contributed by atoms with Crippen LogP contribution in [0.5, 0.6) is 0 Å². The van der Waals surface area contributed by atoms with E-state index in [0.717, 1.165) is 37.3 Å². The average Bonchev–Trinajstić information content (AvgIpc) is 3.17. The first-order chi connectivity index (χ1) is 10.3. The molecule has 1 fully saturated rings. The number of rotatable bonds is 4. The molecule has 4 nitrogen and oxygen atoms in total. The topological polar surface area (TPSA) is 48.1 Å². The lowest BCUT2D eigenvalue weighted by molar-refractivity contribution is 0.0782. The fraction of sp³-hybridized carbons (Fsp3) is 0.353. The van der Waals surface area contributed by atoms with Crippen molar-refractivity contribution in [2.75, 3.05) is 26.7 Å². The highest BCUT2D eigenvalue weighted by Gasteiger charge is 2.27. The predicted octanol–water partition coefficient (Wildman–Crippen LogP) is 2.79. The van der Waals surface area contributed by atoms with Gasteiger partial charge in [-0.1, -0.05) is 30.3 Å². The molecular weight excluding hydrogens is 298 g/mol. The van der Waals surface area contributed by atoms with Crippen LogP contribution in [0.2, 0.25) is 0 Å². The molecule has 22 heavy (non-hydrogen) atoms. The number of benzene rings is 1. The van der Waals surface area contributed by atoms with Crippen molar-refractivity contribution in [3.05, 3.63) is 48.2 Å². The van der Waals surface area contributed by atoms with Crippen molar-refractivity contribution in [2.45, 2.75) is 6.42 Å². The molecule has 1 aromatic heterocycles. The maximum atomic E-state index is 12.5. The third-order valence-electron chi connectivity index (χ3n) is 4.07. The van der Waals surface area contributed by atoms with E-state index < -0.39 is 0 Å². The third-order valence-corrected chi connectivity index (χ3v) is 4.07. The second-order valence-electron chi connectivity index (χ2n) is 5.62. The van der Waals surface area contributed by atoms with Crippen molar-refractivity contribution >= 4 is 18.3 Å². The molecule has 2 heterocycles. The van der Waals surface area contributed by atoms with Crippen LogP contribution >= 0.6 is 12.4 Å². The highest BCUT2D eigenvalue weighted by Crippen LogP contribution is 2.21. The fourth-order valence-electron chi connectivity index (χ4n) is 2.95. The molecule has 118 valence electrons. The van der Waals surface area contributed by atoms with E-state index in [2.05, 4.69) is 10.3 Å². The van der Waals surface area contributed by atoms with Gasteiger partial charge in [0, 0.05) is 18.8 Å². The number of carbonyl (C=O) groups excluding carboxylic acids is 1. The van der Waals surface area contributed by atoms with Gasteiger partial charge in [-0.05, 0) is 43.6 Å². The van der Waals surface area contributed by atoms with Crippen molar-refractivity contribution in [3.8, 4) is 11.3 Å². The molecule has 1 atom stereocenters. The second-order valence-corrected chi connectivity index (χ2v) is 5.62. The van der Waals surface area contributed by atoms with E-state index >= 15 is 0 Å². The van der Waals surface area contributed by atoms with Crippen molar-refractivity contribution in [3.63, 3.8) is 0 Å². The van der Waals surface area contributed by atoms with Crippen LogP contribution in [-0.4, -0.2) is 42.5 Å². The second kappa shape index (κ2) is 7.47. The molecule has 1 amide bonds. The van der Waals surface area contributed by atoms with E-state index in [1.165, 1.54) is 0 Å². The molecule has 2 aromatic rings. The maximum Gasteiger partial charge on any atom is 0.270 e. The Labute approximate surface area is 137 Å². The number of hydrogen-bond acceptors (Lipinski definition) is 2. The minimum absolute atomic E-state index is 0. The Morgan fingerprint density at radius 2 is 2.05 bits per heavy atom. The molecule has 3 rings (SSSR count). The average molecular weight is 320 g/mol. The lowest BCUT2D eigenvalue weighted by atomic mass is 10.1. The van der Waals surface area contributed by atoms with E-state index in [1.807, 2.05) is 54.4 Å². The summed E-state index contributed by atoms with van der Waals surface area (Å²) in [5.74, 6) is 0.679. The summed E-state index contributed by atoms with van der Waals surface area (Å²) in [7, 11) is 1.96. The lowest BCUT2D eigenvalue weighted by Gasteiger charge is -2.15. The van der Waals surface area contributed by atoms with Crippen LogP contribution in [0.3, 0.4) is 0 Å². The summed E-state index contributed by atoms with van der Waals surface area (Å²) in [6.45, 7) is 2.67. The number of aromatic amines is 1. The number of aromatic nitrogens is 1. The minimum atomic E-state index is 0. The van der Waals surface area contributed by atoms with Crippen LogP contribution in [-0.2, 0) is 0 Å². The Balaban J connectivity index is 0.00000176. The zero-order valence-electron chi connectivity index (χ0n) is 12.7. The van der Waals surface area contributed by atoms with Gasteiger partial charge in [-0.25, -0.2) is 0 Å². The normalized spacial score (nSPS) is 17.3. The summed E-state index contributed by atoms with van der Waals surface area (Å²) >= 11 is 0. The standard InChI is InChI=1S/C17H21N3O.ClH/c1-18-11-13-9-10-20(12-13)17(21)16-8-7-15(19-16)14-5-3-2-4-6-14;/h2-8,13,18-19H,9-12H2,1H3;1H. The van der Waals surface area contributed by atoms with Gasteiger partial charge in [-0.2, -0.15) is 0 Å². The van der Waals surface area contributed by atoms with E-state index in [4.69, 9.17) is 0 Å². The Morgan fingerprint density at radius 1 is 1.27 bits per heavy atom. The van der Waals surface area contributed by atoms with Gasteiger partial charge in [-0.3, -0.25) is 4.79 Å². The lowest BCUT2D eigenvalue weighted by Crippen LogP contribution is -2.30. The summed E-state index contributed by atoms with van der Waals surface area (Å²) in [4.78, 5) is 17.7. The summed E-state index contributed by atoms with van der Waals surface area (Å²) in [6, 6.07) is 13.9. The highest BCUT2D eigenvalue weighted by atomic mass is 35.5. The largest absolute Gasteiger partial charge is 0.351 e. The van der Waals surface area contributed by atoms with Gasteiger partial charge < -0.3 is 15.2 Å². The van der Waals surface area contributed by atoms with Crippen molar-refractivity contribution in [1.82, 2.24) is 15.2 Å². The fourth-order valence-corrected chi connectivity index (χ4v) is 2.95. The van der Waals surface area contributed by atoms with Gasteiger partial charge in [0.25, 0.3) is 5.91 Å². The van der Waals surface area contributed by atoms with Gasteiger partial charge in [0.2, 0.25) is 0 Å². The van der Waals surface area contributed by atoms with Crippen LogP contribution < -0.4 is 5.32 Å². The number of nitrogens with zero attached hydrogens (tertiary/aromatic N) is 1. The Hall–Kier alpha value is -1.78. The zero-order chi connectivity index (χ0) is 14.7. The van der Waals surface area contributed by atoms with Gasteiger partial charge in [-0.15, -0.1) is 12.4 Å². The molecule has 1 saturated heterocycles. The molecule has 2 N–H and O–H groups in total. The van der Waals surface area contributed by atoms with E-state index in [0.29, 0.717) is 11.6 Å². The van der Waals surface area contributed by atoms with Crippen molar-refractivity contribution in [1.29, 1.82) is 0 Å². The number of nitrogens with one attached hydrogen (secondary N) is 2. The Bertz CT molecular complexity index is 611. The van der Waals surface area contributed by atoms with Crippen LogP contribution in [0.25, 0.3) is 11.3 Å². The van der Waals surface area contributed by atoms with Gasteiger partial charge in [0.05, 0.1) is 0 Å². The molecule has 0 bridgehead atoms. The molecule has 1 aliphatic heterocycles. The van der Waals surface area contributed by atoms with Gasteiger partial charge in [0.15, 0.2) is 0 Å². The molecule has 0 saturated carbocycles. The predicted molar refractivity (Wildman–Crippen MR) is 91.4 cm³/mol. The van der Waals surface area contributed by atoms with Gasteiger partial charge >= 0.3 is 0 Å². The Morgan fingerprint density at radius 3 is 2.77 bits per heavy atom. The van der Waals surface area contributed by atoms with Crippen LogP contribution in [0.4, 0.5) is 0 Å². The third kappa shape index (κ3) is 3.51. The molecular formula is C17H22ClN3O. The minimum Gasteiger partial charge on any atom is -0.351 e. The molecule has 5 heteroatoms. The van der Waals surface area contributed by atoms with Crippen LogP contribution in [0.15, 0.2) is 42.5 Å². The summed E-state index contributed by atoms with van der Waals surface area (Å²) in [5, 5.41) is 3.19. The summed E-state index contributed by atoms with van der Waals surface area (Å²) < 4.78 is 0. The number of halogens is 1. The van der Waals surface area contributed by atoms with Crippen LogP contribution in [0.1, 0.15) is 16.9 Å². The van der Waals surface area contributed by atoms with E-state index in [9.17, 15) is 4.79 Å². The molecule has 0 aliphatic carbocycles. The number of carbonyl (C=O) groups is 1. The Kier molecular flexibility index (Phi) is 5.63. The monoisotopic (exact) mass is 319 g/mol. The molecule has 1 aliphatic rings. The first kappa shape index (κ1) is 16.6. The number of likely N-dealkylation sites (tertiary alicyclic amines) is 1. The summed E-state index contributed by atoms with van der Waals surface area (Å²) in [5.41, 5.74) is 2.77. The van der Waals surface area contributed by atoms with Crippen molar-refractivity contribution < 1.29 is 4.79 Å². The smallest absolute Gasteiger partial charge is 0.270 e. The first-order valence-electron chi connectivity index (χ1n) is 7.46. The number of hydrogen-bond donors (Lipinski definition) is 2. The van der Waals surface area contributed by atoms with Gasteiger partial charge in [0.1, 0.15) is 5.69 Å². The quantitative estimate of drug-likeness (QED) is 0.910. The first-order valence-corrected chi connectivity index (χ1v) is 7.46. The molecule has 1 unspecified atom stereocenters. The molecule has 0 spiro atoms.